The molecule has 2 rings (SSSR count). The van der Waals surface area contributed by atoms with Crippen molar-refractivity contribution >= 4 is 27.5 Å². The number of amides is 1. The number of carbonyl (C=O) groups is 1. The standard InChI is InChI=1S/C20H32ClN3O3S/c1-20(2,15-23(3)4)14-22-19(25)16-9-10-17(21)18(13-16)28(26,27)24-11-7-5-6-8-12-24/h9-10,13H,5-8,11-12,14-15H2,1-4H3,(H,22,25). The molecule has 1 saturated heterocycles. The van der Waals surface area contributed by atoms with Crippen LogP contribution in [0.5, 0.6) is 0 Å². The third kappa shape index (κ3) is 6.17. The van der Waals surface area contributed by atoms with E-state index in [9.17, 15) is 13.2 Å². The van der Waals surface area contributed by atoms with Gasteiger partial charge in [-0.2, -0.15) is 4.31 Å². The number of nitrogens with zero attached hydrogens (tertiary/aromatic N) is 2. The fraction of sp³-hybridized carbons (Fsp3) is 0.650. The fourth-order valence-electron chi connectivity index (χ4n) is 3.60. The van der Waals surface area contributed by atoms with E-state index in [1.807, 2.05) is 14.1 Å². The lowest BCUT2D eigenvalue weighted by Crippen LogP contribution is -2.40. The van der Waals surface area contributed by atoms with Crippen molar-refractivity contribution in [2.24, 2.45) is 5.41 Å². The molecular weight excluding hydrogens is 398 g/mol. The molecule has 1 heterocycles. The van der Waals surface area contributed by atoms with Crippen LogP contribution in [0.15, 0.2) is 23.1 Å². The first-order chi connectivity index (χ1) is 13.0. The van der Waals surface area contributed by atoms with Crippen LogP contribution in [0.4, 0.5) is 0 Å². The van der Waals surface area contributed by atoms with Gasteiger partial charge in [0.05, 0.1) is 5.02 Å². The Bertz CT molecular complexity index is 786. The van der Waals surface area contributed by atoms with Crippen LogP contribution < -0.4 is 5.32 Å². The Balaban J connectivity index is 2.19. The summed E-state index contributed by atoms with van der Waals surface area (Å²) < 4.78 is 27.6. The van der Waals surface area contributed by atoms with Gasteiger partial charge in [-0.1, -0.05) is 38.3 Å². The molecule has 1 aromatic carbocycles. The maximum absolute atomic E-state index is 13.1. The zero-order valence-electron chi connectivity index (χ0n) is 17.3. The summed E-state index contributed by atoms with van der Waals surface area (Å²) in [5, 5.41) is 3.06. The zero-order chi connectivity index (χ0) is 20.9. The van der Waals surface area contributed by atoms with Crippen LogP contribution in [0.25, 0.3) is 0 Å². The molecule has 0 aliphatic carbocycles. The summed E-state index contributed by atoms with van der Waals surface area (Å²) in [6.07, 6.45) is 3.76. The van der Waals surface area contributed by atoms with E-state index < -0.39 is 10.0 Å². The minimum Gasteiger partial charge on any atom is -0.351 e. The molecule has 1 N–H and O–H groups in total. The number of carbonyl (C=O) groups excluding carboxylic acids is 1. The van der Waals surface area contributed by atoms with Gasteiger partial charge in [-0.3, -0.25) is 4.79 Å². The van der Waals surface area contributed by atoms with Crippen molar-refractivity contribution in [2.75, 3.05) is 40.3 Å². The Hall–Kier alpha value is -1.15. The lowest BCUT2D eigenvalue weighted by Gasteiger charge is -2.28. The molecule has 0 spiro atoms. The second-order valence-corrected chi connectivity index (χ2v) is 10.9. The number of rotatable bonds is 7. The Morgan fingerprint density at radius 2 is 1.79 bits per heavy atom. The van der Waals surface area contributed by atoms with Crippen molar-refractivity contribution in [3.05, 3.63) is 28.8 Å². The highest BCUT2D eigenvalue weighted by Crippen LogP contribution is 2.28. The van der Waals surface area contributed by atoms with Gasteiger partial charge in [0.1, 0.15) is 4.90 Å². The van der Waals surface area contributed by atoms with E-state index in [1.165, 1.54) is 16.4 Å². The summed E-state index contributed by atoms with van der Waals surface area (Å²) >= 11 is 6.21. The number of hydrogen-bond donors (Lipinski definition) is 1. The van der Waals surface area contributed by atoms with Crippen LogP contribution in [0.3, 0.4) is 0 Å². The average molecular weight is 430 g/mol. The van der Waals surface area contributed by atoms with Gasteiger partial charge in [0.25, 0.3) is 5.91 Å². The third-order valence-electron chi connectivity index (χ3n) is 4.85. The first kappa shape index (κ1) is 23.1. The maximum atomic E-state index is 13.1. The number of sulfonamides is 1. The topological polar surface area (TPSA) is 69.7 Å². The molecule has 0 bridgehead atoms. The summed E-state index contributed by atoms with van der Waals surface area (Å²) in [4.78, 5) is 14.7. The summed E-state index contributed by atoms with van der Waals surface area (Å²) in [6, 6.07) is 4.46. The van der Waals surface area contributed by atoms with E-state index in [-0.39, 0.29) is 21.2 Å². The van der Waals surface area contributed by atoms with Gasteiger partial charge in [-0.15, -0.1) is 0 Å². The molecule has 0 atom stereocenters. The summed E-state index contributed by atoms with van der Waals surface area (Å²) in [6.45, 7) is 6.44. The molecule has 1 aliphatic heterocycles. The van der Waals surface area contributed by atoms with Crippen LogP contribution >= 0.6 is 11.6 Å². The highest BCUT2D eigenvalue weighted by atomic mass is 35.5. The minimum atomic E-state index is -3.72. The average Bonchev–Trinajstić information content (AvgIpc) is 2.89. The van der Waals surface area contributed by atoms with Crippen LogP contribution in [-0.2, 0) is 10.0 Å². The Morgan fingerprint density at radius 1 is 1.18 bits per heavy atom. The lowest BCUT2D eigenvalue weighted by atomic mass is 9.93. The van der Waals surface area contributed by atoms with Crippen LogP contribution in [0, 0.1) is 5.41 Å². The van der Waals surface area contributed by atoms with Gasteiger partial charge in [0.2, 0.25) is 10.0 Å². The van der Waals surface area contributed by atoms with Crippen LogP contribution in [-0.4, -0.2) is 63.8 Å². The molecule has 28 heavy (non-hydrogen) atoms. The Morgan fingerprint density at radius 3 is 2.36 bits per heavy atom. The van der Waals surface area contributed by atoms with E-state index in [0.29, 0.717) is 25.2 Å². The molecule has 1 aliphatic rings. The second kappa shape index (κ2) is 9.57. The van der Waals surface area contributed by atoms with E-state index in [0.717, 1.165) is 32.2 Å². The second-order valence-electron chi connectivity index (χ2n) is 8.55. The molecule has 0 radical (unpaired) electrons. The third-order valence-corrected chi connectivity index (χ3v) is 7.23. The van der Waals surface area contributed by atoms with E-state index in [4.69, 9.17) is 11.6 Å². The molecule has 158 valence electrons. The van der Waals surface area contributed by atoms with Crippen molar-refractivity contribution in [3.63, 3.8) is 0 Å². The van der Waals surface area contributed by atoms with Crippen molar-refractivity contribution in [3.8, 4) is 0 Å². The van der Waals surface area contributed by atoms with Gasteiger partial charge in [0.15, 0.2) is 0 Å². The SMILES string of the molecule is CN(C)CC(C)(C)CNC(=O)c1ccc(Cl)c(S(=O)(=O)N2CCCCCC2)c1. The summed E-state index contributed by atoms with van der Waals surface area (Å²) in [5.74, 6) is -0.296. The molecule has 6 nitrogen and oxygen atoms in total. The van der Waals surface area contributed by atoms with Gasteiger partial charge in [-0.05, 0) is 50.6 Å². The van der Waals surface area contributed by atoms with Crippen molar-refractivity contribution in [1.29, 1.82) is 0 Å². The molecule has 1 aromatic rings. The zero-order valence-corrected chi connectivity index (χ0v) is 18.9. The highest BCUT2D eigenvalue weighted by molar-refractivity contribution is 7.89. The van der Waals surface area contributed by atoms with Crippen molar-refractivity contribution in [2.45, 2.75) is 44.4 Å². The normalized spacial score (nSPS) is 16.8. The maximum Gasteiger partial charge on any atom is 0.251 e. The van der Waals surface area contributed by atoms with Crippen LogP contribution in [0.2, 0.25) is 5.02 Å². The number of benzene rings is 1. The van der Waals surface area contributed by atoms with Gasteiger partial charge >= 0.3 is 0 Å². The fourth-order valence-corrected chi connectivity index (χ4v) is 5.61. The van der Waals surface area contributed by atoms with Gasteiger partial charge in [-0.25, -0.2) is 8.42 Å². The Labute approximate surface area is 174 Å². The smallest absolute Gasteiger partial charge is 0.251 e. The van der Waals surface area contributed by atoms with E-state index >= 15 is 0 Å². The largest absolute Gasteiger partial charge is 0.351 e. The lowest BCUT2D eigenvalue weighted by molar-refractivity contribution is 0.0929. The monoisotopic (exact) mass is 429 g/mol. The number of hydrogen-bond acceptors (Lipinski definition) is 4. The van der Waals surface area contributed by atoms with Crippen molar-refractivity contribution < 1.29 is 13.2 Å². The first-order valence-corrected chi connectivity index (χ1v) is 11.6. The van der Waals surface area contributed by atoms with E-state index in [1.54, 1.807) is 6.07 Å². The van der Waals surface area contributed by atoms with Gasteiger partial charge in [0, 0.05) is 31.7 Å². The number of nitrogens with one attached hydrogen (secondary N) is 1. The molecular formula is C20H32ClN3O3S. The summed E-state index contributed by atoms with van der Waals surface area (Å²) in [7, 11) is 0.261. The van der Waals surface area contributed by atoms with Crippen LogP contribution in [0.1, 0.15) is 49.9 Å². The highest BCUT2D eigenvalue weighted by Gasteiger charge is 2.28. The predicted octanol–water partition coefficient (Wildman–Crippen LogP) is 3.22. The first-order valence-electron chi connectivity index (χ1n) is 9.75. The summed E-state index contributed by atoms with van der Waals surface area (Å²) in [5.41, 5.74) is 0.200. The predicted molar refractivity (Wildman–Crippen MR) is 113 cm³/mol. The van der Waals surface area contributed by atoms with Crippen molar-refractivity contribution in [1.82, 2.24) is 14.5 Å². The molecule has 0 aromatic heterocycles. The minimum absolute atomic E-state index is 0.0104. The quantitative estimate of drug-likeness (QED) is 0.722. The van der Waals surface area contributed by atoms with Gasteiger partial charge < -0.3 is 10.2 Å². The molecule has 1 fully saturated rings. The number of halogens is 1. The molecule has 0 unspecified atom stereocenters. The molecule has 1 amide bonds. The molecule has 8 heteroatoms. The van der Waals surface area contributed by atoms with E-state index in [2.05, 4.69) is 24.1 Å². The Kier molecular flexibility index (Phi) is 7.90. The molecule has 0 saturated carbocycles.